The first-order valence-corrected chi connectivity index (χ1v) is 13.9. The van der Waals surface area contributed by atoms with Gasteiger partial charge < -0.3 is 15.3 Å². The Labute approximate surface area is 242 Å². The molecule has 3 aromatic rings. The predicted molar refractivity (Wildman–Crippen MR) is 154 cm³/mol. The Bertz CT molecular complexity index is 1540. The molecule has 0 amide bonds. The van der Waals surface area contributed by atoms with Crippen LogP contribution in [-0.2, 0) is 36.9 Å². The molecule has 2 N–H and O–H groups in total. The number of halogens is 3. The SMILES string of the molecule is Cc1ccc(CC(=O)c2ccc(CN3CCN(C)CC3)c(C(F)(F)F)c2)cc1CNc1cnc2c(c1)C=C(C(=O)O)C2. The van der Waals surface area contributed by atoms with Crippen LogP contribution in [0.2, 0.25) is 0 Å². The standard InChI is InChI=1S/C32H33F3N4O3/c1-20-3-4-21(11-26(20)17-36-27-14-24-13-25(31(41)42)16-29(24)37-18-27)12-30(40)22-5-6-23(28(15-22)32(33,34)35)19-39-9-7-38(2)8-10-39/h3-6,11,13-15,18,36H,7-10,12,16-17,19H2,1-2H3,(H,41,42). The first-order valence-electron chi connectivity index (χ1n) is 13.9. The molecule has 1 saturated heterocycles. The van der Waals surface area contributed by atoms with E-state index in [2.05, 4.69) is 15.2 Å². The van der Waals surface area contributed by atoms with E-state index in [-0.39, 0.29) is 29.9 Å². The number of anilines is 1. The maximum absolute atomic E-state index is 14.0. The van der Waals surface area contributed by atoms with Crippen LogP contribution in [0.25, 0.3) is 6.08 Å². The number of nitrogens with zero attached hydrogens (tertiary/aromatic N) is 3. The number of aromatic nitrogens is 1. The van der Waals surface area contributed by atoms with Gasteiger partial charge in [-0.1, -0.05) is 30.3 Å². The number of likely N-dealkylation sites (N-methyl/N-ethyl adjacent to an activating group) is 1. The molecule has 1 aromatic heterocycles. The zero-order chi connectivity index (χ0) is 30.0. The van der Waals surface area contributed by atoms with Crippen LogP contribution in [-0.4, -0.2) is 64.9 Å². The largest absolute Gasteiger partial charge is 0.478 e. The summed E-state index contributed by atoms with van der Waals surface area (Å²) >= 11 is 0. The normalized spacial score (nSPS) is 15.8. The number of pyridine rings is 1. The van der Waals surface area contributed by atoms with Gasteiger partial charge in [-0.15, -0.1) is 0 Å². The van der Waals surface area contributed by atoms with Crippen molar-refractivity contribution < 1.29 is 27.9 Å². The van der Waals surface area contributed by atoms with E-state index in [4.69, 9.17) is 0 Å². The molecule has 0 spiro atoms. The molecule has 2 aliphatic rings. The number of carbonyl (C=O) groups is 2. The predicted octanol–water partition coefficient (Wildman–Crippen LogP) is 5.22. The van der Waals surface area contributed by atoms with E-state index in [1.807, 2.05) is 43.1 Å². The molecule has 0 saturated carbocycles. The Kier molecular flexibility index (Phi) is 8.47. The minimum Gasteiger partial charge on any atom is -0.478 e. The summed E-state index contributed by atoms with van der Waals surface area (Å²) in [6.45, 7) is 5.59. The highest BCUT2D eigenvalue weighted by Gasteiger charge is 2.34. The van der Waals surface area contributed by atoms with Crippen LogP contribution in [0.5, 0.6) is 0 Å². The molecule has 10 heteroatoms. The van der Waals surface area contributed by atoms with Gasteiger partial charge in [0.2, 0.25) is 0 Å². The van der Waals surface area contributed by atoms with E-state index in [1.54, 1.807) is 12.3 Å². The third-order valence-electron chi connectivity index (χ3n) is 7.95. The van der Waals surface area contributed by atoms with Gasteiger partial charge in [0, 0.05) is 63.2 Å². The number of Topliss-reactive ketones (excluding diaryl/α,β-unsaturated/α-hetero) is 1. The summed E-state index contributed by atoms with van der Waals surface area (Å²) < 4.78 is 42.0. The fraction of sp³-hybridized carbons (Fsp3) is 0.344. The summed E-state index contributed by atoms with van der Waals surface area (Å²) in [6.07, 6.45) is -1.00. The molecule has 1 fully saturated rings. The van der Waals surface area contributed by atoms with E-state index in [9.17, 15) is 27.9 Å². The molecule has 0 atom stereocenters. The van der Waals surface area contributed by atoms with Gasteiger partial charge >= 0.3 is 12.1 Å². The molecule has 2 aromatic carbocycles. The number of fused-ring (bicyclic) bond motifs is 1. The molecule has 220 valence electrons. The van der Waals surface area contributed by atoms with Crippen molar-refractivity contribution in [3.63, 3.8) is 0 Å². The molecule has 0 bridgehead atoms. The average Bonchev–Trinajstić information content (AvgIpc) is 3.38. The topological polar surface area (TPSA) is 85.8 Å². The second kappa shape index (κ2) is 12.1. The van der Waals surface area contributed by atoms with Gasteiger partial charge in [-0.05, 0) is 60.0 Å². The summed E-state index contributed by atoms with van der Waals surface area (Å²) in [5.74, 6) is -1.33. The van der Waals surface area contributed by atoms with E-state index in [1.165, 1.54) is 12.1 Å². The van der Waals surface area contributed by atoms with E-state index in [0.717, 1.165) is 47.2 Å². The monoisotopic (exact) mass is 578 g/mol. The quantitative estimate of drug-likeness (QED) is 0.337. The second-order valence-electron chi connectivity index (χ2n) is 11.1. The maximum Gasteiger partial charge on any atom is 0.416 e. The summed E-state index contributed by atoms with van der Waals surface area (Å²) in [4.78, 5) is 32.9. The number of hydrogen-bond acceptors (Lipinski definition) is 6. The Morgan fingerprint density at radius 1 is 1.02 bits per heavy atom. The third kappa shape index (κ3) is 6.88. The van der Waals surface area contributed by atoms with E-state index < -0.39 is 17.7 Å². The van der Waals surface area contributed by atoms with Crippen LogP contribution in [0.1, 0.15) is 49.4 Å². The zero-order valence-electron chi connectivity index (χ0n) is 23.6. The van der Waals surface area contributed by atoms with Gasteiger partial charge in [0.25, 0.3) is 0 Å². The van der Waals surface area contributed by atoms with Crippen LogP contribution in [0.3, 0.4) is 0 Å². The fourth-order valence-electron chi connectivity index (χ4n) is 5.34. The zero-order valence-corrected chi connectivity index (χ0v) is 23.6. The Morgan fingerprint density at radius 3 is 2.50 bits per heavy atom. The van der Waals surface area contributed by atoms with Crippen LogP contribution in [0.15, 0.2) is 54.2 Å². The fourth-order valence-corrected chi connectivity index (χ4v) is 5.34. The molecule has 2 heterocycles. The van der Waals surface area contributed by atoms with Crippen molar-refractivity contribution in [3.05, 3.63) is 98.9 Å². The first-order chi connectivity index (χ1) is 20.0. The Balaban J connectivity index is 1.27. The van der Waals surface area contributed by atoms with Crippen molar-refractivity contribution in [1.29, 1.82) is 0 Å². The van der Waals surface area contributed by atoms with Crippen LogP contribution >= 0.6 is 0 Å². The summed E-state index contributed by atoms with van der Waals surface area (Å²) in [5.41, 5.74) is 4.62. The van der Waals surface area contributed by atoms with Gasteiger partial charge in [-0.3, -0.25) is 14.7 Å². The van der Waals surface area contributed by atoms with Crippen molar-refractivity contribution in [2.75, 3.05) is 38.5 Å². The highest BCUT2D eigenvalue weighted by atomic mass is 19.4. The van der Waals surface area contributed by atoms with Crippen molar-refractivity contribution in [2.24, 2.45) is 0 Å². The van der Waals surface area contributed by atoms with Gasteiger partial charge in [0.15, 0.2) is 5.78 Å². The summed E-state index contributed by atoms with van der Waals surface area (Å²) in [7, 11) is 2.00. The lowest BCUT2D eigenvalue weighted by Gasteiger charge is -2.33. The number of aryl methyl sites for hydroxylation is 1. The number of carboxylic acid groups (broad SMARTS) is 1. The van der Waals surface area contributed by atoms with Crippen LogP contribution in [0.4, 0.5) is 18.9 Å². The van der Waals surface area contributed by atoms with Gasteiger partial charge in [-0.2, -0.15) is 13.2 Å². The Morgan fingerprint density at radius 2 is 1.79 bits per heavy atom. The van der Waals surface area contributed by atoms with E-state index in [0.29, 0.717) is 37.2 Å². The lowest BCUT2D eigenvalue weighted by Crippen LogP contribution is -2.44. The van der Waals surface area contributed by atoms with Crippen LogP contribution in [0, 0.1) is 6.92 Å². The number of aliphatic carboxylic acids is 1. The van der Waals surface area contributed by atoms with Gasteiger partial charge in [0.05, 0.1) is 23.1 Å². The molecular formula is C32H33F3N4O3. The number of carbonyl (C=O) groups excluding carboxylic acids is 1. The number of nitrogens with one attached hydrogen (secondary N) is 1. The number of ketones is 1. The average molecular weight is 579 g/mol. The number of hydrogen-bond donors (Lipinski definition) is 2. The van der Waals surface area contributed by atoms with Crippen molar-refractivity contribution in [3.8, 4) is 0 Å². The smallest absolute Gasteiger partial charge is 0.416 e. The lowest BCUT2D eigenvalue weighted by atomic mass is 9.96. The first kappa shape index (κ1) is 29.5. The maximum atomic E-state index is 14.0. The molecule has 0 radical (unpaired) electrons. The van der Waals surface area contributed by atoms with Crippen molar-refractivity contribution in [2.45, 2.75) is 39.0 Å². The number of benzene rings is 2. The Hall–Kier alpha value is -4.02. The molecule has 5 rings (SSSR count). The second-order valence-corrected chi connectivity index (χ2v) is 11.1. The molecule has 0 unspecified atom stereocenters. The molecule has 1 aliphatic heterocycles. The third-order valence-corrected chi connectivity index (χ3v) is 7.95. The number of rotatable bonds is 9. The van der Waals surface area contributed by atoms with Gasteiger partial charge in [-0.25, -0.2) is 4.79 Å². The molecular weight excluding hydrogens is 545 g/mol. The van der Waals surface area contributed by atoms with E-state index >= 15 is 0 Å². The van der Waals surface area contributed by atoms with Crippen molar-refractivity contribution in [1.82, 2.24) is 14.8 Å². The number of alkyl halides is 3. The van der Waals surface area contributed by atoms with Gasteiger partial charge in [0.1, 0.15) is 0 Å². The van der Waals surface area contributed by atoms with Crippen LogP contribution < -0.4 is 5.32 Å². The molecule has 7 nitrogen and oxygen atoms in total. The minimum absolute atomic E-state index is 0.0223. The molecule has 1 aliphatic carbocycles. The summed E-state index contributed by atoms with van der Waals surface area (Å²) in [6, 6.07) is 11.4. The number of carboxylic acids is 1. The highest BCUT2D eigenvalue weighted by Crippen LogP contribution is 2.34. The number of piperazine rings is 1. The minimum atomic E-state index is -4.56. The molecule has 42 heavy (non-hydrogen) atoms. The summed E-state index contributed by atoms with van der Waals surface area (Å²) in [5, 5.41) is 12.5. The highest BCUT2D eigenvalue weighted by molar-refractivity contribution is 5.98. The lowest BCUT2D eigenvalue weighted by molar-refractivity contribution is -0.138. The van der Waals surface area contributed by atoms with Crippen molar-refractivity contribution >= 4 is 23.5 Å².